The van der Waals surface area contributed by atoms with Crippen molar-refractivity contribution in [1.29, 1.82) is 0 Å². The van der Waals surface area contributed by atoms with Crippen molar-refractivity contribution >= 4 is 39.2 Å². The van der Waals surface area contributed by atoms with Crippen molar-refractivity contribution < 1.29 is 4.79 Å². The molecular formula is C16H19BrN4O. The van der Waals surface area contributed by atoms with E-state index in [0.29, 0.717) is 11.5 Å². The first-order chi connectivity index (χ1) is 10.4. The molecular weight excluding hydrogens is 344 g/mol. The molecule has 6 heteroatoms. The third-order valence-electron chi connectivity index (χ3n) is 2.83. The molecule has 2 amide bonds. The molecule has 2 rings (SSSR count). The molecule has 0 bridgehead atoms. The fourth-order valence-electron chi connectivity index (χ4n) is 1.83. The molecule has 0 aliphatic rings. The normalized spacial score (nSPS) is 10.4. The van der Waals surface area contributed by atoms with Crippen molar-refractivity contribution in [1.82, 2.24) is 10.3 Å². The zero-order valence-corrected chi connectivity index (χ0v) is 14.4. The number of anilines is 3. The van der Waals surface area contributed by atoms with Crippen molar-refractivity contribution in [2.45, 2.75) is 26.8 Å². The highest BCUT2D eigenvalue weighted by Gasteiger charge is 2.05. The van der Waals surface area contributed by atoms with E-state index in [1.54, 1.807) is 12.3 Å². The number of hydrogen-bond acceptors (Lipinski definition) is 3. The summed E-state index contributed by atoms with van der Waals surface area (Å²) in [7, 11) is 0. The minimum absolute atomic E-state index is 0.0905. The molecule has 0 aliphatic heterocycles. The van der Waals surface area contributed by atoms with Crippen molar-refractivity contribution in [3.8, 4) is 0 Å². The monoisotopic (exact) mass is 362 g/mol. The molecule has 0 spiro atoms. The number of nitrogens with zero attached hydrogens (tertiary/aromatic N) is 1. The number of benzene rings is 1. The predicted octanol–water partition coefficient (Wildman–Crippen LogP) is 4.43. The second kappa shape index (κ2) is 7.26. The predicted molar refractivity (Wildman–Crippen MR) is 93.7 cm³/mol. The number of halogens is 1. The van der Waals surface area contributed by atoms with Crippen LogP contribution < -0.4 is 16.0 Å². The van der Waals surface area contributed by atoms with E-state index in [9.17, 15) is 4.79 Å². The van der Waals surface area contributed by atoms with Gasteiger partial charge in [0.15, 0.2) is 0 Å². The topological polar surface area (TPSA) is 66.0 Å². The summed E-state index contributed by atoms with van der Waals surface area (Å²) in [6, 6.07) is 9.53. The summed E-state index contributed by atoms with van der Waals surface area (Å²) in [5, 5.41) is 8.72. The molecule has 1 heterocycles. The third kappa shape index (κ3) is 4.73. The highest BCUT2D eigenvalue weighted by Crippen LogP contribution is 2.26. The zero-order chi connectivity index (χ0) is 16.1. The standard InChI is InChI=1S/C16H19BrN4O/c1-10(2)19-16(22)20-12-5-7-15(18-9-12)21-14-6-4-11(3)8-13(14)17/h4-10H,1-3H3,(H,18,21)(H2,19,20,22). The van der Waals surface area contributed by atoms with Crippen LogP contribution in [0.25, 0.3) is 0 Å². The van der Waals surface area contributed by atoms with Crippen LogP contribution in [0.5, 0.6) is 0 Å². The van der Waals surface area contributed by atoms with Crippen LogP contribution in [0.4, 0.5) is 22.0 Å². The van der Waals surface area contributed by atoms with Gasteiger partial charge in [0.25, 0.3) is 0 Å². The summed E-state index contributed by atoms with van der Waals surface area (Å²) < 4.78 is 0.979. The molecule has 0 aliphatic carbocycles. The largest absolute Gasteiger partial charge is 0.339 e. The van der Waals surface area contributed by atoms with Gasteiger partial charge in [-0.2, -0.15) is 0 Å². The first-order valence-corrected chi connectivity index (χ1v) is 7.80. The summed E-state index contributed by atoms with van der Waals surface area (Å²) >= 11 is 3.52. The smallest absolute Gasteiger partial charge is 0.319 e. The molecule has 0 saturated heterocycles. The molecule has 1 aromatic heterocycles. The van der Waals surface area contributed by atoms with Gasteiger partial charge in [0.05, 0.1) is 17.6 Å². The Morgan fingerprint density at radius 3 is 2.59 bits per heavy atom. The minimum Gasteiger partial charge on any atom is -0.339 e. The molecule has 5 nitrogen and oxygen atoms in total. The number of pyridine rings is 1. The van der Waals surface area contributed by atoms with Gasteiger partial charge in [-0.1, -0.05) is 6.07 Å². The Morgan fingerprint density at radius 1 is 1.23 bits per heavy atom. The average molecular weight is 363 g/mol. The second-order valence-corrected chi connectivity index (χ2v) is 6.15. The maximum absolute atomic E-state index is 11.6. The first-order valence-electron chi connectivity index (χ1n) is 7.01. The van der Waals surface area contributed by atoms with Crippen LogP contribution in [0.2, 0.25) is 0 Å². The summed E-state index contributed by atoms with van der Waals surface area (Å²) in [6.07, 6.45) is 1.62. The number of aromatic nitrogens is 1. The summed E-state index contributed by atoms with van der Waals surface area (Å²) in [6.45, 7) is 5.85. The molecule has 2 aromatic rings. The summed E-state index contributed by atoms with van der Waals surface area (Å²) in [4.78, 5) is 15.9. The highest BCUT2D eigenvalue weighted by molar-refractivity contribution is 9.10. The Hall–Kier alpha value is -2.08. The number of carbonyl (C=O) groups is 1. The maximum Gasteiger partial charge on any atom is 0.319 e. The van der Waals surface area contributed by atoms with Gasteiger partial charge in [-0.3, -0.25) is 0 Å². The van der Waals surface area contributed by atoms with Gasteiger partial charge < -0.3 is 16.0 Å². The lowest BCUT2D eigenvalue weighted by Crippen LogP contribution is -2.34. The lowest BCUT2D eigenvalue weighted by Gasteiger charge is -2.11. The van der Waals surface area contributed by atoms with Crippen LogP contribution in [-0.2, 0) is 0 Å². The van der Waals surface area contributed by atoms with Crippen molar-refractivity contribution in [3.05, 3.63) is 46.6 Å². The Labute approximate surface area is 138 Å². The van der Waals surface area contributed by atoms with E-state index >= 15 is 0 Å². The molecule has 0 radical (unpaired) electrons. The number of carbonyl (C=O) groups excluding carboxylic acids is 1. The summed E-state index contributed by atoms with van der Waals surface area (Å²) in [5.74, 6) is 0.708. The van der Waals surface area contributed by atoms with Crippen LogP contribution >= 0.6 is 15.9 Å². The van der Waals surface area contributed by atoms with E-state index in [-0.39, 0.29) is 12.1 Å². The van der Waals surface area contributed by atoms with Crippen molar-refractivity contribution in [2.75, 3.05) is 10.6 Å². The Bertz CT molecular complexity index is 656. The van der Waals surface area contributed by atoms with Crippen LogP contribution in [-0.4, -0.2) is 17.1 Å². The number of nitrogens with one attached hydrogen (secondary N) is 3. The van der Waals surface area contributed by atoms with Gasteiger partial charge in [-0.25, -0.2) is 9.78 Å². The Balaban J connectivity index is 2.01. The average Bonchev–Trinajstić information content (AvgIpc) is 2.43. The second-order valence-electron chi connectivity index (χ2n) is 5.29. The van der Waals surface area contributed by atoms with Gasteiger partial charge >= 0.3 is 6.03 Å². The van der Waals surface area contributed by atoms with Crippen LogP contribution in [0.15, 0.2) is 41.0 Å². The van der Waals surface area contributed by atoms with Gasteiger partial charge in [-0.05, 0) is 66.5 Å². The molecule has 0 fully saturated rings. The van der Waals surface area contributed by atoms with E-state index < -0.39 is 0 Å². The number of urea groups is 1. The quantitative estimate of drug-likeness (QED) is 0.753. The molecule has 0 saturated carbocycles. The molecule has 3 N–H and O–H groups in total. The van der Waals surface area contributed by atoms with E-state index in [4.69, 9.17) is 0 Å². The molecule has 22 heavy (non-hydrogen) atoms. The number of hydrogen-bond donors (Lipinski definition) is 3. The lowest BCUT2D eigenvalue weighted by atomic mass is 10.2. The Morgan fingerprint density at radius 2 is 2.00 bits per heavy atom. The number of rotatable bonds is 4. The van der Waals surface area contributed by atoms with E-state index in [0.717, 1.165) is 10.2 Å². The fraction of sp³-hybridized carbons (Fsp3) is 0.250. The van der Waals surface area contributed by atoms with Gasteiger partial charge in [0.1, 0.15) is 5.82 Å². The Kier molecular flexibility index (Phi) is 5.38. The highest BCUT2D eigenvalue weighted by atomic mass is 79.9. The fourth-order valence-corrected chi connectivity index (χ4v) is 2.42. The third-order valence-corrected chi connectivity index (χ3v) is 3.48. The molecule has 0 atom stereocenters. The van der Waals surface area contributed by atoms with E-state index in [1.807, 2.05) is 45.0 Å². The first kappa shape index (κ1) is 16.3. The summed E-state index contributed by atoms with van der Waals surface area (Å²) in [5.41, 5.74) is 2.77. The van der Waals surface area contributed by atoms with Crippen molar-refractivity contribution in [3.63, 3.8) is 0 Å². The number of aryl methyl sites for hydroxylation is 1. The molecule has 1 aromatic carbocycles. The van der Waals surface area contributed by atoms with Crippen LogP contribution in [0.3, 0.4) is 0 Å². The SMILES string of the molecule is Cc1ccc(Nc2ccc(NC(=O)NC(C)C)cn2)c(Br)c1. The van der Waals surface area contributed by atoms with Gasteiger partial charge in [0, 0.05) is 10.5 Å². The van der Waals surface area contributed by atoms with Crippen LogP contribution in [0.1, 0.15) is 19.4 Å². The maximum atomic E-state index is 11.6. The van der Waals surface area contributed by atoms with Crippen molar-refractivity contribution in [2.24, 2.45) is 0 Å². The minimum atomic E-state index is -0.237. The zero-order valence-electron chi connectivity index (χ0n) is 12.8. The van der Waals surface area contributed by atoms with E-state index in [1.165, 1.54) is 5.56 Å². The van der Waals surface area contributed by atoms with E-state index in [2.05, 4.69) is 36.9 Å². The lowest BCUT2D eigenvalue weighted by molar-refractivity contribution is 0.250. The van der Waals surface area contributed by atoms with Gasteiger partial charge in [-0.15, -0.1) is 0 Å². The number of amides is 2. The molecule has 0 unspecified atom stereocenters. The van der Waals surface area contributed by atoms with Gasteiger partial charge in [0.2, 0.25) is 0 Å². The van der Waals surface area contributed by atoms with Crippen LogP contribution in [0, 0.1) is 6.92 Å². The molecule has 116 valence electrons.